The fraction of sp³-hybridized carbons (Fsp3) is 0. The number of ketones is 1. The van der Waals surface area contributed by atoms with Crippen LogP contribution in [0.5, 0.6) is 0 Å². The first kappa shape index (κ1) is 10.5. The van der Waals surface area contributed by atoms with Crippen molar-refractivity contribution >= 4 is 17.4 Å². The maximum atomic E-state index is 12.3. The Labute approximate surface area is 104 Å². The van der Waals surface area contributed by atoms with Gasteiger partial charge in [0.15, 0.2) is 11.7 Å². The number of hydrogen-bond donors (Lipinski definition) is 2. The van der Waals surface area contributed by atoms with Crippen molar-refractivity contribution in [3.8, 4) is 11.1 Å². The first-order chi connectivity index (χ1) is 8.68. The number of nitrogens with two attached hydrogens (primary N) is 2. The zero-order valence-corrected chi connectivity index (χ0v) is 9.55. The second-order valence-corrected chi connectivity index (χ2v) is 4.11. The minimum Gasteiger partial charge on any atom is -0.370 e. The summed E-state index contributed by atoms with van der Waals surface area (Å²) in [7, 11) is 0. The quantitative estimate of drug-likeness (QED) is 0.500. The smallest absolute Gasteiger partial charge is 0.196 e. The molecule has 0 bridgehead atoms. The highest BCUT2D eigenvalue weighted by molar-refractivity contribution is 6.24. The molecule has 0 radical (unpaired) electrons. The van der Waals surface area contributed by atoms with E-state index < -0.39 is 0 Å². The zero-order valence-electron chi connectivity index (χ0n) is 9.55. The van der Waals surface area contributed by atoms with Crippen molar-refractivity contribution < 1.29 is 4.79 Å². The first-order valence-electron chi connectivity index (χ1n) is 5.55. The summed E-state index contributed by atoms with van der Waals surface area (Å²) in [4.78, 5) is 16.4. The summed E-state index contributed by atoms with van der Waals surface area (Å²) in [5, 5.41) is 0. The fourth-order valence-electron chi connectivity index (χ4n) is 2.29. The van der Waals surface area contributed by atoms with E-state index in [4.69, 9.17) is 11.5 Å². The SMILES string of the molecule is NC(N)=Nc1cccc2c1C(=O)c1ccccc1-2. The molecule has 0 saturated heterocycles. The molecule has 0 saturated carbocycles. The molecular weight excluding hydrogens is 226 g/mol. The summed E-state index contributed by atoms with van der Waals surface area (Å²) in [6, 6.07) is 13.0. The standard InChI is InChI=1S/C14H11N3O/c15-14(16)17-11-7-3-6-9-8-4-1-2-5-10(8)13(18)12(9)11/h1-7H,(H4,15,16,17). The fourth-order valence-corrected chi connectivity index (χ4v) is 2.29. The largest absolute Gasteiger partial charge is 0.370 e. The van der Waals surface area contributed by atoms with E-state index in [-0.39, 0.29) is 11.7 Å². The Morgan fingerprint density at radius 1 is 0.889 bits per heavy atom. The predicted octanol–water partition coefficient (Wildman–Crippen LogP) is 1.80. The summed E-state index contributed by atoms with van der Waals surface area (Å²) in [5.74, 6) is -0.0756. The molecule has 3 rings (SSSR count). The first-order valence-corrected chi connectivity index (χ1v) is 5.55. The van der Waals surface area contributed by atoms with Gasteiger partial charge in [-0.3, -0.25) is 4.79 Å². The van der Waals surface area contributed by atoms with Gasteiger partial charge in [-0.1, -0.05) is 36.4 Å². The molecule has 2 aromatic rings. The van der Waals surface area contributed by atoms with Crippen molar-refractivity contribution in [1.82, 2.24) is 0 Å². The number of fused-ring (bicyclic) bond motifs is 3. The van der Waals surface area contributed by atoms with Gasteiger partial charge in [-0.15, -0.1) is 0 Å². The molecule has 1 aliphatic carbocycles. The zero-order chi connectivity index (χ0) is 12.7. The molecule has 0 aromatic heterocycles. The van der Waals surface area contributed by atoms with Crippen molar-refractivity contribution in [2.75, 3.05) is 0 Å². The molecule has 4 heteroatoms. The Bertz CT molecular complexity index is 685. The summed E-state index contributed by atoms with van der Waals surface area (Å²) in [6.45, 7) is 0. The monoisotopic (exact) mass is 237 g/mol. The number of aliphatic imine (C=N–C) groups is 1. The highest BCUT2D eigenvalue weighted by Gasteiger charge is 2.28. The molecule has 0 fully saturated rings. The van der Waals surface area contributed by atoms with Gasteiger partial charge >= 0.3 is 0 Å². The average molecular weight is 237 g/mol. The van der Waals surface area contributed by atoms with E-state index >= 15 is 0 Å². The Kier molecular flexibility index (Phi) is 2.16. The molecule has 0 atom stereocenters. The number of benzene rings is 2. The van der Waals surface area contributed by atoms with E-state index in [9.17, 15) is 4.79 Å². The van der Waals surface area contributed by atoms with Gasteiger partial charge in [0.2, 0.25) is 0 Å². The second kappa shape index (κ2) is 3.70. The number of hydrogen-bond acceptors (Lipinski definition) is 2. The van der Waals surface area contributed by atoms with Crippen molar-refractivity contribution in [2.45, 2.75) is 0 Å². The van der Waals surface area contributed by atoms with Crippen LogP contribution in [0.15, 0.2) is 47.5 Å². The van der Waals surface area contributed by atoms with Crippen LogP contribution in [-0.4, -0.2) is 11.7 Å². The van der Waals surface area contributed by atoms with Crippen LogP contribution in [0.25, 0.3) is 11.1 Å². The van der Waals surface area contributed by atoms with Crippen LogP contribution in [0.1, 0.15) is 15.9 Å². The summed E-state index contributed by atoms with van der Waals surface area (Å²) < 4.78 is 0. The van der Waals surface area contributed by atoms with E-state index in [0.29, 0.717) is 16.8 Å². The second-order valence-electron chi connectivity index (χ2n) is 4.11. The molecule has 4 N–H and O–H groups in total. The Morgan fingerprint density at radius 3 is 2.28 bits per heavy atom. The lowest BCUT2D eigenvalue weighted by atomic mass is 10.1. The van der Waals surface area contributed by atoms with Gasteiger partial charge in [-0.05, 0) is 17.2 Å². The molecular formula is C14H11N3O. The van der Waals surface area contributed by atoms with Crippen LogP contribution in [0.2, 0.25) is 0 Å². The molecule has 18 heavy (non-hydrogen) atoms. The third kappa shape index (κ3) is 1.39. The third-order valence-corrected chi connectivity index (χ3v) is 2.98. The summed E-state index contributed by atoms with van der Waals surface area (Å²) >= 11 is 0. The molecule has 88 valence electrons. The molecule has 0 spiro atoms. The van der Waals surface area contributed by atoms with E-state index in [1.165, 1.54) is 0 Å². The van der Waals surface area contributed by atoms with Gasteiger partial charge < -0.3 is 11.5 Å². The molecule has 4 nitrogen and oxygen atoms in total. The normalized spacial score (nSPS) is 11.9. The Hall–Kier alpha value is -2.62. The lowest BCUT2D eigenvalue weighted by Gasteiger charge is -2.02. The van der Waals surface area contributed by atoms with E-state index in [0.717, 1.165) is 11.1 Å². The number of rotatable bonds is 1. The summed E-state index contributed by atoms with van der Waals surface area (Å²) in [6.07, 6.45) is 0. The minimum atomic E-state index is -0.0489. The molecule has 0 heterocycles. The highest BCUT2D eigenvalue weighted by atomic mass is 16.1. The van der Waals surface area contributed by atoms with Gasteiger partial charge in [0.1, 0.15) is 0 Å². The maximum absolute atomic E-state index is 12.3. The van der Waals surface area contributed by atoms with Gasteiger partial charge in [0.05, 0.1) is 11.3 Å². The average Bonchev–Trinajstić information content (AvgIpc) is 2.65. The predicted molar refractivity (Wildman–Crippen MR) is 70.8 cm³/mol. The van der Waals surface area contributed by atoms with Crippen molar-refractivity contribution in [3.63, 3.8) is 0 Å². The molecule has 0 amide bonds. The highest BCUT2D eigenvalue weighted by Crippen LogP contribution is 2.40. The van der Waals surface area contributed by atoms with Gasteiger partial charge in [-0.2, -0.15) is 0 Å². The number of carbonyl (C=O) groups excluding carboxylic acids is 1. The topological polar surface area (TPSA) is 81.5 Å². The Morgan fingerprint density at radius 2 is 1.56 bits per heavy atom. The van der Waals surface area contributed by atoms with Crippen LogP contribution < -0.4 is 11.5 Å². The van der Waals surface area contributed by atoms with E-state index in [2.05, 4.69) is 4.99 Å². The summed E-state index contributed by atoms with van der Waals surface area (Å²) in [5.41, 5.74) is 14.4. The molecule has 2 aromatic carbocycles. The number of guanidine groups is 1. The van der Waals surface area contributed by atoms with Gasteiger partial charge in [-0.25, -0.2) is 4.99 Å². The van der Waals surface area contributed by atoms with Crippen LogP contribution >= 0.6 is 0 Å². The molecule has 1 aliphatic rings. The number of nitrogens with zero attached hydrogens (tertiary/aromatic N) is 1. The molecule has 0 unspecified atom stereocenters. The third-order valence-electron chi connectivity index (χ3n) is 2.98. The lowest BCUT2D eigenvalue weighted by molar-refractivity contribution is 0.104. The Balaban J connectivity index is 2.31. The van der Waals surface area contributed by atoms with Crippen molar-refractivity contribution in [2.24, 2.45) is 16.5 Å². The van der Waals surface area contributed by atoms with E-state index in [1.54, 1.807) is 6.07 Å². The van der Waals surface area contributed by atoms with E-state index in [1.807, 2.05) is 36.4 Å². The minimum absolute atomic E-state index is 0.0267. The van der Waals surface area contributed by atoms with Crippen LogP contribution in [0.4, 0.5) is 5.69 Å². The van der Waals surface area contributed by atoms with Crippen molar-refractivity contribution in [3.05, 3.63) is 53.6 Å². The van der Waals surface area contributed by atoms with Crippen LogP contribution in [-0.2, 0) is 0 Å². The maximum Gasteiger partial charge on any atom is 0.196 e. The van der Waals surface area contributed by atoms with Gasteiger partial charge in [0, 0.05) is 5.56 Å². The van der Waals surface area contributed by atoms with Crippen LogP contribution in [0, 0.1) is 0 Å². The molecule has 0 aliphatic heterocycles. The lowest BCUT2D eigenvalue weighted by Crippen LogP contribution is -2.22. The van der Waals surface area contributed by atoms with Crippen molar-refractivity contribution in [1.29, 1.82) is 0 Å². The number of carbonyl (C=O) groups is 1. The van der Waals surface area contributed by atoms with Gasteiger partial charge in [0.25, 0.3) is 0 Å². The van der Waals surface area contributed by atoms with Crippen LogP contribution in [0.3, 0.4) is 0 Å².